The topological polar surface area (TPSA) is 58.2 Å². The Bertz CT molecular complexity index is 246. The van der Waals surface area contributed by atoms with E-state index in [-0.39, 0.29) is 5.75 Å². The predicted molar refractivity (Wildman–Crippen MR) is 57.7 cm³/mol. The predicted octanol–water partition coefficient (Wildman–Crippen LogP) is 0.315. The summed E-state index contributed by atoms with van der Waals surface area (Å²) < 4.78 is 25.4. The molecule has 0 radical (unpaired) electrons. The van der Waals surface area contributed by atoms with Gasteiger partial charge in [-0.25, -0.2) is 13.1 Å². The fraction of sp³-hybridized carbons (Fsp3) is 1.00. The van der Waals surface area contributed by atoms with Crippen LogP contribution in [0.4, 0.5) is 0 Å². The monoisotopic (exact) mass is 220 g/mol. The molecule has 0 amide bonds. The van der Waals surface area contributed by atoms with Crippen molar-refractivity contribution in [2.24, 2.45) is 5.92 Å². The van der Waals surface area contributed by atoms with Gasteiger partial charge in [-0.2, -0.15) is 0 Å². The van der Waals surface area contributed by atoms with Crippen LogP contribution in [0.15, 0.2) is 0 Å². The van der Waals surface area contributed by atoms with Crippen molar-refractivity contribution in [1.82, 2.24) is 10.0 Å². The highest BCUT2D eigenvalue weighted by atomic mass is 32.2. The van der Waals surface area contributed by atoms with Gasteiger partial charge < -0.3 is 5.32 Å². The number of sulfonamides is 1. The molecule has 0 unspecified atom stereocenters. The summed E-state index contributed by atoms with van der Waals surface area (Å²) in [4.78, 5) is 0. The third-order valence-electron chi connectivity index (χ3n) is 2.52. The van der Waals surface area contributed by atoms with Crippen LogP contribution < -0.4 is 10.0 Å². The van der Waals surface area contributed by atoms with E-state index in [0.717, 1.165) is 25.9 Å². The number of rotatable bonds is 5. The van der Waals surface area contributed by atoms with E-state index in [1.807, 2.05) is 6.92 Å². The second kappa shape index (κ2) is 5.68. The molecule has 4 nitrogen and oxygen atoms in total. The van der Waals surface area contributed by atoms with Crippen molar-refractivity contribution in [2.75, 3.05) is 25.4 Å². The summed E-state index contributed by atoms with van der Waals surface area (Å²) in [6.07, 6.45) is 2.84. The van der Waals surface area contributed by atoms with Crippen LogP contribution in [0.5, 0.6) is 0 Å². The molecule has 14 heavy (non-hydrogen) atoms. The van der Waals surface area contributed by atoms with Crippen LogP contribution in [0, 0.1) is 5.92 Å². The minimum atomic E-state index is -3.00. The van der Waals surface area contributed by atoms with Gasteiger partial charge in [0.1, 0.15) is 0 Å². The largest absolute Gasteiger partial charge is 0.317 e. The molecule has 0 aromatic heterocycles. The van der Waals surface area contributed by atoms with Crippen molar-refractivity contribution in [2.45, 2.75) is 26.2 Å². The van der Waals surface area contributed by atoms with Crippen molar-refractivity contribution >= 4 is 10.0 Å². The Hall–Kier alpha value is -0.130. The second-order valence-corrected chi connectivity index (χ2v) is 5.79. The minimum Gasteiger partial charge on any atom is -0.317 e. The Morgan fingerprint density at radius 2 is 2.00 bits per heavy atom. The van der Waals surface area contributed by atoms with Gasteiger partial charge in [-0.3, -0.25) is 0 Å². The minimum absolute atomic E-state index is 0.248. The molecular formula is C9H20N2O2S. The highest BCUT2D eigenvalue weighted by molar-refractivity contribution is 7.89. The highest BCUT2D eigenvalue weighted by Crippen LogP contribution is 2.10. The van der Waals surface area contributed by atoms with Gasteiger partial charge in [0.05, 0.1) is 5.75 Å². The first kappa shape index (κ1) is 11.9. The van der Waals surface area contributed by atoms with Crippen LogP contribution in [0.3, 0.4) is 0 Å². The molecule has 1 saturated heterocycles. The SMILES string of the molecule is CCCS(=O)(=O)NCC1CCNCC1. The van der Waals surface area contributed by atoms with Crippen LogP contribution in [0.25, 0.3) is 0 Å². The average molecular weight is 220 g/mol. The third-order valence-corrected chi connectivity index (χ3v) is 4.08. The molecule has 0 spiro atoms. The van der Waals surface area contributed by atoms with E-state index in [0.29, 0.717) is 18.9 Å². The van der Waals surface area contributed by atoms with Gasteiger partial charge in [0.15, 0.2) is 0 Å². The van der Waals surface area contributed by atoms with Gasteiger partial charge in [-0.05, 0) is 38.3 Å². The molecule has 1 fully saturated rings. The summed E-state index contributed by atoms with van der Waals surface area (Å²) in [6.45, 7) is 4.52. The molecular weight excluding hydrogens is 200 g/mol. The summed E-state index contributed by atoms with van der Waals surface area (Å²) in [6, 6.07) is 0. The summed E-state index contributed by atoms with van der Waals surface area (Å²) in [7, 11) is -3.00. The number of hydrogen-bond donors (Lipinski definition) is 2. The Kier molecular flexibility index (Phi) is 4.84. The zero-order valence-corrected chi connectivity index (χ0v) is 9.57. The molecule has 0 bridgehead atoms. The van der Waals surface area contributed by atoms with Crippen molar-refractivity contribution < 1.29 is 8.42 Å². The quantitative estimate of drug-likeness (QED) is 0.701. The fourth-order valence-corrected chi connectivity index (χ4v) is 2.84. The lowest BCUT2D eigenvalue weighted by molar-refractivity contribution is 0.372. The van der Waals surface area contributed by atoms with Crippen LogP contribution >= 0.6 is 0 Å². The first-order valence-corrected chi connectivity index (χ1v) is 6.97. The molecule has 1 aliphatic heterocycles. The zero-order chi connectivity index (χ0) is 10.4. The highest BCUT2D eigenvalue weighted by Gasteiger charge is 2.15. The summed E-state index contributed by atoms with van der Waals surface area (Å²) in [5, 5.41) is 3.26. The van der Waals surface area contributed by atoms with Crippen molar-refractivity contribution in [3.63, 3.8) is 0 Å². The Morgan fingerprint density at radius 1 is 1.36 bits per heavy atom. The maximum Gasteiger partial charge on any atom is 0.211 e. The van der Waals surface area contributed by atoms with E-state index >= 15 is 0 Å². The summed E-state index contributed by atoms with van der Waals surface area (Å²) in [5.41, 5.74) is 0. The molecule has 1 aliphatic rings. The standard InChI is InChI=1S/C9H20N2O2S/c1-2-7-14(12,13)11-8-9-3-5-10-6-4-9/h9-11H,2-8H2,1H3. The molecule has 0 aromatic rings. The summed E-state index contributed by atoms with van der Waals surface area (Å²) in [5.74, 6) is 0.765. The van der Waals surface area contributed by atoms with E-state index in [1.54, 1.807) is 0 Å². The molecule has 1 rings (SSSR count). The smallest absolute Gasteiger partial charge is 0.211 e. The van der Waals surface area contributed by atoms with Gasteiger partial charge in [0.25, 0.3) is 0 Å². The maximum atomic E-state index is 11.3. The first-order chi connectivity index (χ1) is 6.64. The average Bonchev–Trinajstić information content (AvgIpc) is 2.17. The fourth-order valence-electron chi connectivity index (χ4n) is 1.67. The van der Waals surface area contributed by atoms with Crippen molar-refractivity contribution in [3.8, 4) is 0 Å². The zero-order valence-electron chi connectivity index (χ0n) is 8.75. The van der Waals surface area contributed by atoms with Crippen molar-refractivity contribution in [3.05, 3.63) is 0 Å². The molecule has 1 heterocycles. The molecule has 0 aliphatic carbocycles. The molecule has 0 saturated carbocycles. The van der Waals surface area contributed by atoms with E-state index in [1.165, 1.54) is 0 Å². The van der Waals surface area contributed by atoms with Crippen LogP contribution in [0.1, 0.15) is 26.2 Å². The van der Waals surface area contributed by atoms with E-state index < -0.39 is 10.0 Å². The van der Waals surface area contributed by atoms with Gasteiger partial charge in [-0.15, -0.1) is 0 Å². The van der Waals surface area contributed by atoms with Gasteiger partial charge >= 0.3 is 0 Å². The molecule has 2 N–H and O–H groups in total. The van der Waals surface area contributed by atoms with Gasteiger partial charge in [-0.1, -0.05) is 6.92 Å². The lowest BCUT2D eigenvalue weighted by Gasteiger charge is -2.22. The van der Waals surface area contributed by atoms with Crippen LogP contribution in [-0.2, 0) is 10.0 Å². The first-order valence-electron chi connectivity index (χ1n) is 5.32. The maximum absolute atomic E-state index is 11.3. The van der Waals surface area contributed by atoms with Crippen LogP contribution in [0.2, 0.25) is 0 Å². The lowest BCUT2D eigenvalue weighted by atomic mass is 9.99. The molecule has 5 heteroatoms. The Labute approximate surface area is 86.5 Å². The molecule has 84 valence electrons. The van der Waals surface area contributed by atoms with Crippen LogP contribution in [-0.4, -0.2) is 33.8 Å². The second-order valence-electron chi connectivity index (χ2n) is 3.86. The molecule has 0 atom stereocenters. The lowest BCUT2D eigenvalue weighted by Crippen LogP contribution is -2.36. The number of piperidine rings is 1. The number of hydrogen-bond acceptors (Lipinski definition) is 3. The van der Waals surface area contributed by atoms with E-state index in [2.05, 4.69) is 10.0 Å². The third kappa shape index (κ3) is 4.39. The van der Waals surface area contributed by atoms with Gasteiger partial charge in [0, 0.05) is 6.54 Å². The van der Waals surface area contributed by atoms with Gasteiger partial charge in [0.2, 0.25) is 10.0 Å². The summed E-state index contributed by atoms with van der Waals surface area (Å²) >= 11 is 0. The van der Waals surface area contributed by atoms with E-state index in [4.69, 9.17) is 0 Å². The Morgan fingerprint density at radius 3 is 2.57 bits per heavy atom. The van der Waals surface area contributed by atoms with Crippen molar-refractivity contribution in [1.29, 1.82) is 0 Å². The normalized spacial score (nSPS) is 19.8. The molecule has 0 aromatic carbocycles. The Balaban J connectivity index is 2.24. The van der Waals surface area contributed by atoms with E-state index in [9.17, 15) is 8.42 Å². The number of nitrogens with one attached hydrogen (secondary N) is 2.